The third-order valence-electron chi connectivity index (χ3n) is 3.68. The first-order valence-electron chi connectivity index (χ1n) is 7.67. The summed E-state index contributed by atoms with van der Waals surface area (Å²) in [7, 11) is 5.70. The van der Waals surface area contributed by atoms with Crippen LogP contribution in [-0.2, 0) is 0 Å². The first-order valence-corrected chi connectivity index (χ1v) is 8.55. The summed E-state index contributed by atoms with van der Waals surface area (Å²) in [6.45, 7) is 2.50. The van der Waals surface area contributed by atoms with Crippen molar-refractivity contribution in [3.8, 4) is 11.8 Å². The molecule has 0 spiro atoms. The Morgan fingerprint density at radius 3 is 2.83 bits per heavy atom. The maximum atomic E-state index is 9.35. The zero-order valence-corrected chi connectivity index (χ0v) is 15.2. The van der Waals surface area contributed by atoms with E-state index in [4.69, 9.17) is 4.74 Å². The summed E-state index contributed by atoms with van der Waals surface area (Å²) in [5.74, 6) is 0.438. The number of likely N-dealkylation sites (N-methyl/N-ethyl adjacent to an activating group) is 1. The van der Waals surface area contributed by atoms with Crippen LogP contribution in [0.1, 0.15) is 28.2 Å². The van der Waals surface area contributed by atoms with Crippen LogP contribution in [0, 0.1) is 18.3 Å². The van der Waals surface area contributed by atoms with E-state index in [1.165, 1.54) is 11.3 Å². The van der Waals surface area contributed by atoms with Gasteiger partial charge < -0.3 is 9.64 Å². The Bertz CT molecular complexity index is 733. The van der Waals surface area contributed by atoms with Crippen molar-refractivity contribution in [2.75, 3.05) is 27.7 Å². The number of rotatable bonds is 7. The maximum Gasteiger partial charge on any atom is 0.133 e. The lowest BCUT2D eigenvalue weighted by Crippen LogP contribution is -2.22. The molecule has 2 aromatic rings. The van der Waals surface area contributed by atoms with E-state index >= 15 is 0 Å². The van der Waals surface area contributed by atoms with Gasteiger partial charge in [0.15, 0.2) is 0 Å². The van der Waals surface area contributed by atoms with Crippen LogP contribution < -0.4 is 4.74 Å². The summed E-state index contributed by atoms with van der Waals surface area (Å²) >= 11 is 1.50. The normalized spacial score (nSPS) is 13.8. The summed E-state index contributed by atoms with van der Waals surface area (Å²) in [5.41, 5.74) is 2.07. The monoisotopic (exact) mass is 342 g/mol. The molecule has 0 N–H and O–H groups in total. The average Bonchev–Trinajstić information content (AvgIpc) is 3.01. The van der Waals surface area contributed by atoms with E-state index < -0.39 is 5.92 Å². The van der Waals surface area contributed by atoms with Gasteiger partial charge in [0.05, 0.1) is 25.8 Å². The standard InChI is InChI=1S/C18H22N4OS/c1-13-12-24-18(21-13)15(9-19)10-20-11-17(22(2)3)14-6-5-7-16(8-14)23-4/h5-8,10,12,15,17H,11H2,1-4H3/t15-,17-/m0/s1. The van der Waals surface area contributed by atoms with Crippen molar-refractivity contribution in [1.29, 1.82) is 5.26 Å². The van der Waals surface area contributed by atoms with Gasteiger partial charge in [-0.15, -0.1) is 11.3 Å². The largest absolute Gasteiger partial charge is 0.497 e. The van der Waals surface area contributed by atoms with Crippen molar-refractivity contribution < 1.29 is 4.74 Å². The zero-order chi connectivity index (χ0) is 17.5. The Labute approximate surface area is 147 Å². The van der Waals surface area contributed by atoms with Crippen molar-refractivity contribution in [3.63, 3.8) is 0 Å². The molecule has 0 fully saturated rings. The van der Waals surface area contributed by atoms with Gasteiger partial charge in [0.25, 0.3) is 0 Å². The molecule has 0 aliphatic rings. The number of ether oxygens (including phenoxy) is 1. The van der Waals surface area contributed by atoms with Crippen molar-refractivity contribution >= 4 is 17.6 Å². The second-order valence-electron chi connectivity index (χ2n) is 5.70. The molecule has 24 heavy (non-hydrogen) atoms. The van der Waals surface area contributed by atoms with Gasteiger partial charge >= 0.3 is 0 Å². The highest BCUT2D eigenvalue weighted by atomic mass is 32.1. The minimum atomic E-state index is -0.392. The molecular weight excluding hydrogens is 320 g/mol. The van der Waals surface area contributed by atoms with Gasteiger partial charge in [-0.1, -0.05) is 12.1 Å². The van der Waals surface area contributed by atoms with Crippen LogP contribution in [0.15, 0.2) is 34.6 Å². The minimum absolute atomic E-state index is 0.119. The lowest BCUT2D eigenvalue weighted by atomic mass is 10.1. The number of hydrogen-bond acceptors (Lipinski definition) is 6. The predicted octanol–water partition coefficient (Wildman–Crippen LogP) is 3.44. The Balaban J connectivity index is 2.12. The number of hydrogen-bond donors (Lipinski definition) is 0. The first-order chi connectivity index (χ1) is 11.5. The summed E-state index contributed by atoms with van der Waals surface area (Å²) in [5, 5.41) is 12.1. The van der Waals surface area contributed by atoms with Crippen molar-refractivity contribution in [3.05, 3.63) is 45.9 Å². The second kappa shape index (κ2) is 8.57. The van der Waals surface area contributed by atoms with Crippen LogP contribution in [0.25, 0.3) is 0 Å². The number of aromatic nitrogens is 1. The van der Waals surface area contributed by atoms with E-state index in [1.807, 2.05) is 44.6 Å². The fraction of sp³-hybridized carbons (Fsp3) is 0.389. The van der Waals surface area contributed by atoms with Gasteiger partial charge in [0, 0.05) is 17.3 Å². The van der Waals surface area contributed by atoms with E-state index in [-0.39, 0.29) is 6.04 Å². The van der Waals surface area contributed by atoms with E-state index in [9.17, 15) is 5.26 Å². The second-order valence-corrected chi connectivity index (χ2v) is 6.59. The predicted molar refractivity (Wildman–Crippen MR) is 98.0 cm³/mol. The molecule has 6 heteroatoms. The third-order valence-corrected chi connectivity index (χ3v) is 4.72. The lowest BCUT2D eigenvalue weighted by molar-refractivity contribution is 0.305. The minimum Gasteiger partial charge on any atom is -0.497 e. The Kier molecular flexibility index (Phi) is 6.47. The van der Waals surface area contributed by atoms with Gasteiger partial charge in [-0.2, -0.15) is 5.26 Å². The topological polar surface area (TPSA) is 61.5 Å². The molecule has 126 valence electrons. The molecule has 0 aliphatic carbocycles. The number of aliphatic imine (C=N–C) groups is 1. The summed E-state index contributed by atoms with van der Waals surface area (Å²) < 4.78 is 5.30. The van der Waals surface area contributed by atoms with Crippen LogP contribution in [0.5, 0.6) is 5.75 Å². The van der Waals surface area contributed by atoms with Crippen LogP contribution in [0.2, 0.25) is 0 Å². The SMILES string of the molecule is COc1cccc([C@H](CN=C[C@H](C#N)c2nc(C)cs2)N(C)C)c1. The van der Waals surface area contributed by atoms with E-state index in [1.54, 1.807) is 13.3 Å². The highest BCUT2D eigenvalue weighted by molar-refractivity contribution is 7.09. The van der Waals surface area contributed by atoms with Crippen molar-refractivity contribution in [2.45, 2.75) is 18.9 Å². The van der Waals surface area contributed by atoms with Crippen LogP contribution in [0.3, 0.4) is 0 Å². The number of nitriles is 1. The molecule has 0 saturated heterocycles. The Hall–Kier alpha value is -2.23. The fourth-order valence-electron chi connectivity index (χ4n) is 2.35. The Morgan fingerprint density at radius 1 is 1.46 bits per heavy atom. The molecule has 2 rings (SSSR count). The zero-order valence-electron chi connectivity index (χ0n) is 14.4. The van der Waals surface area contributed by atoms with Gasteiger partial charge in [-0.05, 0) is 38.7 Å². The molecule has 0 amide bonds. The molecule has 0 unspecified atom stereocenters. The molecule has 0 saturated carbocycles. The summed E-state index contributed by atoms with van der Waals surface area (Å²) in [6.07, 6.45) is 1.70. The fourth-order valence-corrected chi connectivity index (χ4v) is 3.15. The summed E-state index contributed by atoms with van der Waals surface area (Å²) in [6, 6.07) is 10.4. The van der Waals surface area contributed by atoms with Crippen LogP contribution >= 0.6 is 11.3 Å². The van der Waals surface area contributed by atoms with E-state index in [0.717, 1.165) is 22.0 Å². The van der Waals surface area contributed by atoms with Gasteiger partial charge in [-0.3, -0.25) is 4.99 Å². The van der Waals surface area contributed by atoms with E-state index in [2.05, 4.69) is 27.0 Å². The highest BCUT2D eigenvalue weighted by Crippen LogP contribution is 2.23. The average molecular weight is 342 g/mol. The van der Waals surface area contributed by atoms with Crippen LogP contribution in [-0.4, -0.2) is 43.8 Å². The van der Waals surface area contributed by atoms with Crippen molar-refractivity contribution in [2.24, 2.45) is 4.99 Å². The maximum absolute atomic E-state index is 9.35. The number of nitrogens with zero attached hydrogens (tertiary/aromatic N) is 4. The molecule has 0 radical (unpaired) electrons. The molecule has 0 aliphatic heterocycles. The smallest absolute Gasteiger partial charge is 0.133 e. The first kappa shape index (κ1) is 18.1. The number of aryl methyl sites for hydroxylation is 1. The molecule has 5 nitrogen and oxygen atoms in total. The number of thiazole rings is 1. The highest BCUT2D eigenvalue weighted by Gasteiger charge is 2.15. The van der Waals surface area contributed by atoms with Gasteiger partial charge in [0.2, 0.25) is 0 Å². The molecule has 2 atom stereocenters. The molecular formula is C18H22N4OS. The van der Waals surface area contributed by atoms with Crippen LogP contribution in [0.4, 0.5) is 0 Å². The number of benzene rings is 1. The molecule has 1 aromatic heterocycles. The third kappa shape index (κ3) is 4.63. The lowest BCUT2D eigenvalue weighted by Gasteiger charge is -2.23. The molecule has 0 bridgehead atoms. The molecule has 1 aromatic carbocycles. The van der Waals surface area contributed by atoms with Gasteiger partial charge in [-0.25, -0.2) is 4.98 Å². The molecule has 1 heterocycles. The quantitative estimate of drug-likeness (QED) is 0.723. The van der Waals surface area contributed by atoms with Gasteiger partial charge in [0.1, 0.15) is 16.7 Å². The van der Waals surface area contributed by atoms with Crippen molar-refractivity contribution in [1.82, 2.24) is 9.88 Å². The summed E-state index contributed by atoms with van der Waals surface area (Å²) in [4.78, 5) is 11.0. The number of methoxy groups -OCH3 is 1. The van der Waals surface area contributed by atoms with E-state index in [0.29, 0.717) is 6.54 Å². The Morgan fingerprint density at radius 2 is 2.25 bits per heavy atom.